The Hall–Kier alpha value is -2.87. The number of nitrogens with one attached hydrogen (secondary N) is 1. The molecule has 2 heterocycles. The predicted molar refractivity (Wildman–Crippen MR) is 112 cm³/mol. The van der Waals surface area contributed by atoms with E-state index in [2.05, 4.69) is 38.4 Å². The average molecular weight is 414 g/mol. The molecule has 152 valence electrons. The minimum atomic E-state index is -0.256. The number of pyridine rings is 1. The standard InChI is InChI=1S/C21H24FN5OS/c1-15(2)27(12-9-20(28)24-14-17-7-10-23-11-8-17)21-25-19(26-29-21)13-16-3-5-18(22)6-4-16/h3-8,10-11,15H,9,12-14H2,1-2H3,(H,24,28). The number of hydrogen-bond donors (Lipinski definition) is 1. The molecular weight excluding hydrogens is 389 g/mol. The lowest BCUT2D eigenvalue weighted by Gasteiger charge is -2.25. The predicted octanol–water partition coefficient (Wildman–Crippen LogP) is 3.58. The van der Waals surface area contributed by atoms with E-state index in [1.807, 2.05) is 12.1 Å². The molecule has 6 nitrogen and oxygen atoms in total. The third-order valence-electron chi connectivity index (χ3n) is 4.42. The van der Waals surface area contributed by atoms with Crippen LogP contribution in [0.5, 0.6) is 0 Å². The Balaban J connectivity index is 1.54. The molecule has 1 aromatic carbocycles. The third kappa shape index (κ3) is 6.32. The molecule has 0 spiro atoms. The van der Waals surface area contributed by atoms with Gasteiger partial charge in [0.2, 0.25) is 11.0 Å². The molecule has 1 amide bonds. The van der Waals surface area contributed by atoms with E-state index in [-0.39, 0.29) is 17.8 Å². The van der Waals surface area contributed by atoms with E-state index in [9.17, 15) is 9.18 Å². The van der Waals surface area contributed by atoms with Crippen LogP contribution in [-0.4, -0.2) is 32.8 Å². The van der Waals surface area contributed by atoms with Gasteiger partial charge < -0.3 is 10.2 Å². The number of anilines is 1. The van der Waals surface area contributed by atoms with Crippen LogP contribution in [0.15, 0.2) is 48.8 Å². The van der Waals surface area contributed by atoms with E-state index < -0.39 is 0 Å². The smallest absolute Gasteiger partial charge is 0.222 e. The summed E-state index contributed by atoms with van der Waals surface area (Å²) in [6, 6.07) is 10.3. The molecule has 0 aliphatic heterocycles. The number of amides is 1. The van der Waals surface area contributed by atoms with E-state index in [4.69, 9.17) is 0 Å². The van der Waals surface area contributed by atoms with Crippen molar-refractivity contribution in [2.75, 3.05) is 11.4 Å². The molecule has 0 aliphatic rings. The number of carbonyl (C=O) groups is 1. The van der Waals surface area contributed by atoms with Gasteiger partial charge in [0.1, 0.15) is 11.6 Å². The first kappa shape index (κ1) is 20.9. The van der Waals surface area contributed by atoms with Gasteiger partial charge in [-0.15, -0.1) is 0 Å². The highest BCUT2D eigenvalue weighted by molar-refractivity contribution is 7.09. The van der Waals surface area contributed by atoms with Crippen molar-refractivity contribution in [1.82, 2.24) is 19.7 Å². The van der Waals surface area contributed by atoms with Gasteiger partial charge in [-0.25, -0.2) is 9.37 Å². The molecule has 0 aliphatic carbocycles. The summed E-state index contributed by atoms with van der Waals surface area (Å²) in [5, 5.41) is 3.72. The highest BCUT2D eigenvalue weighted by Gasteiger charge is 2.17. The summed E-state index contributed by atoms with van der Waals surface area (Å²) in [5.74, 6) is 0.432. The van der Waals surface area contributed by atoms with Crippen LogP contribution in [0, 0.1) is 5.82 Å². The van der Waals surface area contributed by atoms with E-state index in [0.29, 0.717) is 31.8 Å². The molecule has 0 atom stereocenters. The van der Waals surface area contributed by atoms with Gasteiger partial charge in [-0.3, -0.25) is 9.78 Å². The first-order valence-corrected chi connectivity index (χ1v) is 10.3. The monoisotopic (exact) mass is 413 g/mol. The van der Waals surface area contributed by atoms with Gasteiger partial charge in [0, 0.05) is 55.9 Å². The molecule has 3 aromatic rings. The fourth-order valence-electron chi connectivity index (χ4n) is 2.80. The minimum Gasteiger partial charge on any atom is -0.352 e. The molecule has 2 aromatic heterocycles. The second-order valence-corrected chi connectivity index (χ2v) is 7.70. The van der Waals surface area contributed by atoms with Crippen LogP contribution < -0.4 is 10.2 Å². The Morgan fingerprint density at radius 2 is 1.86 bits per heavy atom. The lowest BCUT2D eigenvalue weighted by molar-refractivity contribution is -0.121. The molecule has 1 N–H and O–H groups in total. The first-order chi connectivity index (χ1) is 14.0. The van der Waals surface area contributed by atoms with Gasteiger partial charge >= 0.3 is 0 Å². The summed E-state index contributed by atoms with van der Waals surface area (Å²) >= 11 is 1.32. The maximum absolute atomic E-state index is 13.1. The molecule has 0 unspecified atom stereocenters. The Labute approximate surface area is 174 Å². The molecule has 0 saturated heterocycles. The second-order valence-electron chi connectivity index (χ2n) is 6.97. The van der Waals surface area contributed by atoms with Crippen molar-refractivity contribution >= 4 is 22.6 Å². The Bertz CT molecular complexity index is 914. The van der Waals surface area contributed by atoms with Crippen molar-refractivity contribution in [1.29, 1.82) is 0 Å². The van der Waals surface area contributed by atoms with Crippen molar-refractivity contribution in [3.05, 3.63) is 71.6 Å². The Morgan fingerprint density at radius 1 is 1.14 bits per heavy atom. The highest BCUT2D eigenvalue weighted by Crippen LogP contribution is 2.21. The zero-order valence-electron chi connectivity index (χ0n) is 16.5. The molecule has 3 rings (SSSR count). The van der Waals surface area contributed by atoms with Crippen LogP contribution >= 0.6 is 11.5 Å². The van der Waals surface area contributed by atoms with E-state index in [0.717, 1.165) is 16.3 Å². The van der Waals surface area contributed by atoms with Crippen LogP contribution in [0.2, 0.25) is 0 Å². The van der Waals surface area contributed by atoms with E-state index in [1.54, 1.807) is 24.5 Å². The Kier molecular flexibility index (Phi) is 7.24. The largest absolute Gasteiger partial charge is 0.352 e. The Morgan fingerprint density at radius 3 is 2.55 bits per heavy atom. The van der Waals surface area contributed by atoms with Crippen molar-refractivity contribution in [3.63, 3.8) is 0 Å². The third-order valence-corrected chi connectivity index (χ3v) is 5.21. The molecule has 0 fully saturated rings. The number of benzene rings is 1. The molecule has 0 saturated carbocycles. The number of rotatable bonds is 9. The van der Waals surface area contributed by atoms with E-state index in [1.165, 1.54) is 23.7 Å². The summed E-state index contributed by atoms with van der Waals surface area (Å²) in [7, 11) is 0. The molecular formula is C21H24FN5OS. The molecule has 8 heteroatoms. The first-order valence-electron chi connectivity index (χ1n) is 9.50. The SMILES string of the molecule is CC(C)N(CCC(=O)NCc1ccncc1)c1nc(Cc2ccc(F)cc2)ns1. The van der Waals surface area contributed by atoms with Gasteiger partial charge in [0.25, 0.3) is 0 Å². The normalized spacial score (nSPS) is 10.9. The van der Waals surface area contributed by atoms with E-state index >= 15 is 0 Å². The van der Waals surface area contributed by atoms with Gasteiger partial charge in [0.05, 0.1) is 0 Å². The number of hydrogen-bond acceptors (Lipinski definition) is 6. The second kappa shape index (κ2) is 10.1. The maximum atomic E-state index is 13.1. The average Bonchev–Trinajstić information content (AvgIpc) is 3.17. The highest BCUT2D eigenvalue weighted by atomic mass is 32.1. The fraction of sp³-hybridized carbons (Fsp3) is 0.333. The van der Waals surface area contributed by atoms with Crippen LogP contribution in [0.25, 0.3) is 0 Å². The van der Waals surface area contributed by atoms with Crippen LogP contribution in [0.1, 0.15) is 37.2 Å². The van der Waals surface area contributed by atoms with Crippen LogP contribution in [0.4, 0.5) is 9.52 Å². The van der Waals surface area contributed by atoms with Crippen molar-refractivity contribution in [2.24, 2.45) is 0 Å². The van der Waals surface area contributed by atoms with Crippen LogP contribution in [-0.2, 0) is 17.8 Å². The molecule has 0 bridgehead atoms. The zero-order valence-corrected chi connectivity index (χ0v) is 17.3. The van der Waals surface area contributed by atoms with Crippen molar-refractivity contribution in [3.8, 4) is 0 Å². The van der Waals surface area contributed by atoms with Crippen molar-refractivity contribution in [2.45, 2.75) is 39.3 Å². The topological polar surface area (TPSA) is 71.0 Å². The number of carbonyl (C=O) groups excluding carboxylic acids is 1. The van der Waals surface area contributed by atoms with Gasteiger partial charge in [-0.1, -0.05) is 12.1 Å². The summed E-state index contributed by atoms with van der Waals surface area (Å²) in [4.78, 5) is 22.9. The van der Waals surface area contributed by atoms with Crippen molar-refractivity contribution < 1.29 is 9.18 Å². The minimum absolute atomic E-state index is 0.0106. The summed E-state index contributed by atoms with van der Waals surface area (Å²) in [5.41, 5.74) is 1.98. The van der Waals surface area contributed by atoms with Gasteiger partial charge in [-0.05, 0) is 49.2 Å². The molecule has 29 heavy (non-hydrogen) atoms. The number of halogens is 1. The zero-order chi connectivity index (χ0) is 20.6. The maximum Gasteiger partial charge on any atom is 0.222 e. The summed E-state index contributed by atoms with van der Waals surface area (Å²) in [6.07, 6.45) is 4.34. The summed E-state index contributed by atoms with van der Waals surface area (Å²) in [6.45, 7) is 5.18. The molecule has 0 radical (unpaired) electrons. The lowest BCUT2D eigenvalue weighted by atomic mass is 10.1. The van der Waals surface area contributed by atoms with Gasteiger partial charge in [-0.2, -0.15) is 4.37 Å². The lowest BCUT2D eigenvalue weighted by Crippen LogP contribution is -2.35. The van der Waals surface area contributed by atoms with Gasteiger partial charge in [0.15, 0.2) is 0 Å². The fourth-order valence-corrected chi connectivity index (χ4v) is 3.65. The quantitative estimate of drug-likeness (QED) is 0.581. The number of nitrogens with zero attached hydrogens (tertiary/aromatic N) is 4. The number of aromatic nitrogens is 3. The van der Waals surface area contributed by atoms with Crippen LogP contribution in [0.3, 0.4) is 0 Å². The summed E-state index contributed by atoms with van der Waals surface area (Å²) < 4.78 is 17.5.